The van der Waals surface area contributed by atoms with Crippen molar-refractivity contribution in [2.24, 2.45) is 0 Å². The first-order valence-electron chi connectivity index (χ1n) is 14.9. The standard InChI is InChI=1S/C34H32Br4N4O6/c1-11-17(7-9-19(45)46)31-26(38)32-18(8-10-20(47)48)12(2)28(40-32)24(36)33-22(16(6)44)14(4)30(42-33)25(37)34-21(15(5)43)13(3)29(41-34)23(35)27(11)39-31/h41-44H,7-10H2,1-6H3,(H,45,46)(H,47,48). The monoisotopic (exact) mass is 908 g/mol. The molecule has 2 aliphatic rings. The molecule has 5 heterocycles. The highest BCUT2D eigenvalue weighted by Gasteiger charge is 2.29. The van der Waals surface area contributed by atoms with Gasteiger partial charge in [-0.1, -0.05) is 0 Å². The van der Waals surface area contributed by atoms with Gasteiger partial charge in [-0.2, -0.15) is 0 Å². The number of nitrogens with zero attached hydrogens (tertiary/aromatic N) is 2. The van der Waals surface area contributed by atoms with Crippen LogP contribution in [0.4, 0.5) is 0 Å². The van der Waals surface area contributed by atoms with Crippen LogP contribution in [0.15, 0.2) is 17.9 Å². The molecule has 6 N–H and O–H groups in total. The number of aromatic nitrogens is 4. The van der Waals surface area contributed by atoms with E-state index in [1.54, 1.807) is 13.8 Å². The first-order valence-corrected chi connectivity index (χ1v) is 18.0. The van der Waals surface area contributed by atoms with Crippen molar-refractivity contribution >= 4 is 132 Å². The van der Waals surface area contributed by atoms with Crippen LogP contribution >= 0.6 is 63.7 Å². The number of fused-ring (bicyclic) bond motifs is 8. The maximum Gasteiger partial charge on any atom is 0.303 e. The predicted octanol–water partition coefficient (Wildman–Crippen LogP) is 8.94. The molecule has 252 valence electrons. The Hall–Kier alpha value is -3.20. The van der Waals surface area contributed by atoms with Gasteiger partial charge in [0.15, 0.2) is 0 Å². The van der Waals surface area contributed by atoms with Gasteiger partial charge in [0.1, 0.15) is 0 Å². The SMILES string of the molecule is CC1=C(CCC(=O)O)c2nc1c(Br)c1[nH]c(c(Br)c3[nH]c(c(Br)c4nc(c2Br)C(CCC(=O)O)=C4C)c(=C(C)O)c3C)c(=C(C)O)c1C. The zero-order chi connectivity index (χ0) is 35.5. The molecule has 48 heavy (non-hydrogen) atoms. The van der Waals surface area contributed by atoms with Crippen molar-refractivity contribution in [2.75, 3.05) is 0 Å². The molecule has 0 saturated carbocycles. The molecule has 0 radical (unpaired) electrons. The van der Waals surface area contributed by atoms with E-state index in [0.717, 1.165) is 22.3 Å². The molecule has 0 unspecified atom stereocenters. The number of carboxylic acid groups (broad SMARTS) is 2. The van der Waals surface area contributed by atoms with Gasteiger partial charge in [0.05, 0.1) is 74.3 Å². The number of aliphatic hydroxyl groups is 2. The summed E-state index contributed by atoms with van der Waals surface area (Å²) in [4.78, 5) is 40.5. The third kappa shape index (κ3) is 6.09. The summed E-state index contributed by atoms with van der Waals surface area (Å²) < 4.78 is 2.23. The Morgan fingerprint density at radius 2 is 0.917 bits per heavy atom. The molecule has 3 aromatic heterocycles. The summed E-state index contributed by atoms with van der Waals surface area (Å²) in [6.45, 7) is 10.7. The lowest BCUT2D eigenvalue weighted by molar-refractivity contribution is -0.137. The minimum absolute atomic E-state index is 0.0692. The van der Waals surface area contributed by atoms with Crippen LogP contribution in [0.1, 0.15) is 87.3 Å². The van der Waals surface area contributed by atoms with Gasteiger partial charge in [0.2, 0.25) is 0 Å². The van der Waals surface area contributed by atoms with Crippen molar-refractivity contribution in [3.8, 4) is 0 Å². The van der Waals surface area contributed by atoms with Crippen LogP contribution in [0.3, 0.4) is 0 Å². The number of carbonyl (C=O) groups is 2. The van der Waals surface area contributed by atoms with Gasteiger partial charge in [0, 0.05) is 23.3 Å². The first-order chi connectivity index (χ1) is 22.5. The molecule has 8 bridgehead atoms. The van der Waals surface area contributed by atoms with Gasteiger partial charge in [-0.3, -0.25) is 9.59 Å². The Bertz CT molecular complexity index is 2330. The number of aliphatic carboxylic acids is 2. The number of H-pyrrole nitrogens is 2. The second kappa shape index (κ2) is 13.6. The van der Waals surface area contributed by atoms with E-state index in [2.05, 4.69) is 73.7 Å². The summed E-state index contributed by atoms with van der Waals surface area (Å²) >= 11 is 15.1. The number of rotatable bonds is 6. The highest BCUT2D eigenvalue weighted by Crippen LogP contribution is 2.45. The molecule has 0 spiro atoms. The second-order valence-electron chi connectivity index (χ2n) is 11.8. The quantitative estimate of drug-likeness (QED) is 0.142. The van der Waals surface area contributed by atoms with Gasteiger partial charge in [-0.25, -0.2) is 9.97 Å². The molecule has 10 nitrogen and oxygen atoms in total. The number of aliphatic hydroxyl groups excluding tert-OH is 2. The van der Waals surface area contributed by atoms with E-state index in [0.29, 0.717) is 84.3 Å². The lowest BCUT2D eigenvalue weighted by Gasteiger charge is -2.08. The predicted molar refractivity (Wildman–Crippen MR) is 203 cm³/mol. The highest BCUT2D eigenvalue weighted by atomic mass is 79.9. The third-order valence-corrected chi connectivity index (χ3v) is 11.8. The molecule has 14 heteroatoms. The van der Waals surface area contributed by atoms with Crippen molar-refractivity contribution in [1.82, 2.24) is 19.9 Å². The zero-order valence-corrected chi connectivity index (χ0v) is 33.2. The van der Waals surface area contributed by atoms with Crippen LogP contribution in [0.5, 0.6) is 0 Å². The fraction of sp³-hybridized carbons (Fsp3) is 0.294. The summed E-state index contributed by atoms with van der Waals surface area (Å²) in [5, 5.41) is 42.2. The molecule has 2 aliphatic heterocycles. The van der Waals surface area contributed by atoms with Crippen LogP contribution in [0.2, 0.25) is 0 Å². The van der Waals surface area contributed by atoms with Gasteiger partial charge >= 0.3 is 11.9 Å². The molecule has 0 saturated heterocycles. The number of aromatic amines is 2. The van der Waals surface area contributed by atoms with Crippen LogP contribution in [0, 0.1) is 13.8 Å². The van der Waals surface area contributed by atoms with Crippen LogP contribution < -0.4 is 10.4 Å². The second-order valence-corrected chi connectivity index (χ2v) is 15.0. The van der Waals surface area contributed by atoms with Crippen molar-refractivity contribution < 1.29 is 30.0 Å². The maximum absolute atomic E-state index is 11.7. The first kappa shape index (κ1) is 36.1. The number of aryl methyl sites for hydroxylation is 2. The Balaban J connectivity index is 2.15. The van der Waals surface area contributed by atoms with Gasteiger partial charge < -0.3 is 30.4 Å². The fourth-order valence-electron chi connectivity index (χ4n) is 6.37. The van der Waals surface area contributed by atoms with E-state index >= 15 is 0 Å². The Labute approximate surface area is 309 Å². The topological polar surface area (TPSA) is 172 Å². The van der Waals surface area contributed by atoms with E-state index < -0.39 is 11.9 Å². The Kier molecular flexibility index (Phi) is 10.2. The number of halogens is 4. The number of hydrogen-bond acceptors (Lipinski definition) is 6. The average Bonchev–Trinajstić information content (AvgIpc) is 3.73. The smallest absolute Gasteiger partial charge is 0.303 e. The Morgan fingerprint density at radius 3 is 1.29 bits per heavy atom. The lowest BCUT2D eigenvalue weighted by Crippen LogP contribution is -2.07. The molecule has 0 aliphatic carbocycles. The van der Waals surface area contributed by atoms with Crippen LogP contribution in [0.25, 0.3) is 55.9 Å². The molecule has 0 atom stereocenters. The van der Waals surface area contributed by atoms with Crippen LogP contribution in [-0.2, 0) is 9.59 Å². The van der Waals surface area contributed by atoms with Crippen molar-refractivity contribution in [2.45, 2.75) is 67.2 Å². The maximum atomic E-state index is 11.7. The third-order valence-electron chi connectivity index (χ3n) is 8.75. The summed E-state index contributed by atoms with van der Waals surface area (Å²) in [6, 6.07) is 0. The van der Waals surface area contributed by atoms with Crippen molar-refractivity contribution in [3.05, 3.63) is 62.2 Å². The molecule has 3 aromatic rings. The van der Waals surface area contributed by atoms with E-state index in [9.17, 15) is 30.0 Å². The van der Waals surface area contributed by atoms with Gasteiger partial charge in [-0.15, -0.1) is 0 Å². The Morgan fingerprint density at radius 1 is 0.562 bits per heavy atom. The fourth-order valence-corrected chi connectivity index (χ4v) is 9.18. The zero-order valence-electron chi connectivity index (χ0n) is 26.8. The average molecular weight is 912 g/mol. The van der Waals surface area contributed by atoms with E-state index in [-0.39, 0.29) is 37.2 Å². The van der Waals surface area contributed by atoms with E-state index in [1.807, 2.05) is 27.7 Å². The summed E-state index contributed by atoms with van der Waals surface area (Å²) in [5.74, 6) is -1.76. The largest absolute Gasteiger partial charge is 0.512 e. The number of nitrogens with one attached hydrogen (secondary N) is 2. The van der Waals surface area contributed by atoms with Crippen molar-refractivity contribution in [3.63, 3.8) is 0 Å². The van der Waals surface area contributed by atoms with E-state index in [4.69, 9.17) is 9.97 Å². The molecule has 0 fully saturated rings. The normalized spacial score (nSPS) is 14.5. The number of allylic oxidation sites excluding steroid dienone is 4. The summed E-state index contributed by atoms with van der Waals surface area (Å²) in [7, 11) is 0. The van der Waals surface area contributed by atoms with Crippen molar-refractivity contribution in [1.29, 1.82) is 0 Å². The molecule has 0 amide bonds. The minimum atomic E-state index is -0.959. The van der Waals surface area contributed by atoms with E-state index in [1.165, 1.54) is 0 Å². The van der Waals surface area contributed by atoms with Gasteiger partial charge in [-0.05, 0) is 152 Å². The van der Waals surface area contributed by atoms with Crippen LogP contribution in [-0.4, -0.2) is 52.3 Å². The molecule has 0 aromatic carbocycles. The minimum Gasteiger partial charge on any atom is -0.512 e. The summed E-state index contributed by atoms with van der Waals surface area (Å²) in [6.07, 6.45) is 0.0995. The molecular formula is C34H32Br4N4O6. The molecule has 5 rings (SSSR count). The number of carboxylic acids is 2. The lowest BCUT2D eigenvalue weighted by atomic mass is 9.98. The highest BCUT2D eigenvalue weighted by molar-refractivity contribution is 9.11. The van der Waals surface area contributed by atoms with Gasteiger partial charge in [0.25, 0.3) is 0 Å². The summed E-state index contributed by atoms with van der Waals surface area (Å²) in [5.41, 5.74) is 8.88. The molecular weight excluding hydrogens is 880 g/mol. The number of hydrogen-bond donors (Lipinski definition) is 6.